The van der Waals surface area contributed by atoms with Crippen LogP contribution in [-0.4, -0.2) is 112 Å². The molecule has 3 saturated heterocycles. The van der Waals surface area contributed by atoms with Crippen LogP contribution in [0.4, 0.5) is 0 Å². The average molecular weight is 1400 g/mol. The van der Waals surface area contributed by atoms with E-state index in [0.717, 1.165) is 55.6 Å². The first-order valence-electron chi connectivity index (χ1n) is 36.2. The molecule has 3 heterocycles. The molecule has 0 aromatic heterocycles. The summed E-state index contributed by atoms with van der Waals surface area (Å²) in [5.74, 6) is 0. The third-order valence-electron chi connectivity index (χ3n) is 18.9. The van der Waals surface area contributed by atoms with Crippen molar-refractivity contribution in [3.05, 3.63) is 359 Å². The summed E-state index contributed by atoms with van der Waals surface area (Å²) in [4.78, 5) is 0. The lowest BCUT2D eigenvalue weighted by Crippen LogP contribution is -2.64. The van der Waals surface area contributed by atoms with Gasteiger partial charge in [-0.1, -0.05) is 303 Å². The Hall–Kier alpha value is -8.40. The molecule has 15 nitrogen and oxygen atoms in total. The molecule has 0 amide bonds. The van der Waals surface area contributed by atoms with E-state index in [1.54, 1.807) is 0 Å². The van der Waals surface area contributed by atoms with E-state index in [0.29, 0.717) is 19.8 Å². The minimum atomic E-state index is -1.15. The Balaban J connectivity index is 0.872. The monoisotopic (exact) mass is 1400 g/mol. The standard InChI is InChI=1S/C89H94O15/c1-65-79(91-53-67-34-14-3-15-35-67)83(95-57-71-42-22-7-23-43-71)81(93-55-69-38-18-5-19-39-69)77(102-65)63-100-89-87(99-61-75-50-30-11-31-51-75)85(97-59-73-46-26-9-27-47-73)82(94-56-70-40-20-6-21-41-70)78(104-89)64-101-88-86(98-60-74-48-28-10-29-49-74)84(96-58-72-44-24-8-25-45-72)80(92-54-68-36-16-4-17-37-68)76(103-88)62-90-52-66-32-12-2-13-33-66/h2-51,65,76-89H,52-64H2,1H3/t65-,76?,77?,78?,79+,80+,81+,82+,83?,84?,85?,86-,87-,88-,89-/m0/s1. The minimum Gasteiger partial charge on any atom is -0.374 e. The highest BCUT2D eigenvalue weighted by Gasteiger charge is 2.54. The quantitative estimate of drug-likeness (QED) is 0.0365. The summed E-state index contributed by atoms with van der Waals surface area (Å²) >= 11 is 0. The smallest absolute Gasteiger partial charge is 0.187 e. The van der Waals surface area contributed by atoms with Crippen molar-refractivity contribution in [2.45, 2.75) is 165 Å². The first-order chi connectivity index (χ1) is 51.5. The van der Waals surface area contributed by atoms with Gasteiger partial charge in [0.05, 0.1) is 92.0 Å². The first kappa shape index (κ1) is 73.9. The Morgan fingerprint density at radius 2 is 0.385 bits per heavy atom. The van der Waals surface area contributed by atoms with Crippen molar-refractivity contribution in [1.82, 2.24) is 0 Å². The van der Waals surface area contributed by atoms with Crippen LogP contribution < -0.4 is 0 Å². The normalized spacial score (nSPS) is 24.8. The Labute approximate surface area is 611 Å². The summed E-state index contributed by atoms with van der Waals surface area (Å²) in [5, 5.41) is 0. The molecule has 0 radical (unpaired) electrons. The molecular formula is C89H94O15. The molecule has 0 N–H and O–H groups in total. The van der Waals surface area contributed by atoms with E-state index in [1.165, 1.54) is 0 Å². The maximum atomic E-state index is 7.52. The molecule has 540 valence electrons. The number of ether oxygens (including phenoxy) is 15. The van der Waals surface area contributed by atoms with Gasteiger partial charge in [-0.15, -0.1) is 0 Å². The van der Waals surface area contributed by atoms with E-state index in [2.05, 4.69) is 24.3 Å². The van der Waals surface area contributed by atoms with E-state index < -0.39 is 91.9 Å². The minimum absolute atomic E-state index is 0.0403. The van der Waals surface area contributed by atoms with Gasteiger partial charge in [0.2, 0.25) is 0 Å². The maximum absolute atomic E-state index is 7.52. The average Bonchev–Trinajstić information content (AvgIpc) is 0.789. The second-order valence-electron chi connectivity index (χ2n) is 26.5. The van der Waals surface area contributed by atoms with Crippen molar-refractivity contribution in [2.75, 3.05) is 19.8 Å². The molecule has 0 spiro atoms. The lowest BCUT2D eigenvalue weighted by Gasteiger charge is -2.49. The third-order valence-corrected chi connectivity index (χ3v) is 18.9. The van der Waals surface area contributed by atoms with Crippen LogP contribution in [0.5, 0.6) is 0 Å². The first-order valence-corrected chi connectivity index (χ1v) is 36.2. The summed E-state index contributed by atoms with van der Waals surface area (Å²) < 4.78 is 108. The molecule has 10 aromatic carbocycles. The van der Waals surface area contributed by atoms with E-state index >= 15 is 0 Å². The van der Waals surface area contributed by atoms with Gasteiger partial charge in [0.25, 0.3) is 0 Å². The molecule has 3 fully saturated rings. The fourth-order valence-corrected chi connectivity index (χ4v) is 13.4. The predicted molar refractivity (Wildman–Crippen MR) is 395 cm³/mol. The van der Waals surface area contributed by atoms with Gasteiger partial charge in [0, 0.05) is 0 Å². The Kier molecular flexibility index (Phi) is 28.2. The van der Waals surface area contributed by atoms with Crippen molar-refractivity contribution >= 4 is 0 Å². The zero-order valence-electron chi connectivity index (χ0n) is 58.8. The van der Waals surface area contributed by atoms with Crippen LogP contribution in [0.1, 0.15) is 62.6 Å². The highest BCUT2D eigenvalue weighted by Crippen LogP contribution is 2.37. The van der Waals surface area contributed by atoms with Crippen LogP contribution in [-0.2, 0) is 137 Å². The lowest BCUT2D eigenvalue weighted by molar-refractivity contribution is -0.357. The Bertz CT molecular complexity index is 3960. The topological polar surface area (TPSA) is 138 Å². The van der Waals surface area contributed by atoms with E-state index in [1.807, 2.05) is 286 Å². The second kappa shape index (κ2) is 39.6. The number of hydrogen-bond acceptors (Lipinski definition) is 15. The van der Waals surface area contributed by atoms with Gasteiger partial charge in [-0.05, 0) is 62.6 Å². The molecule has 15 atom stereocenters. The van der Waals surface area contributed by atoms with Gasteiger partial charge < -0.3 is 71.1 Å². The fraction of sp³-hybridized carbons (Fsp3) is 0.326. The van der Waals surface area contributed by atoms with Gasteiger partial charge in [-0.2, -0.15) is 0 Å². The molecule has 3 aliphatic heterocycles. The Morgan fingerprint density at radius 1 is 0.192 bits per heavy atom. The van der Waals surface area contributed by atoms with Gasteiger partial charge in [0.15, 0.2) is 12.6 Å². The van der Waals surface area contributed by atoms with Crippen molar-refractivity contribution in [3.63, 3.8) is 0 Å². The van der Waals surface area contributed by atoms with Crippen molar-refractivity contribution < 1.29 is 71.1 Å². The Morgan fingerprint density at radius 3 is 0.644 bits per heavy atom. The number of benzene rings is 10. The van der Waals surface area contributed by atoms with E-state index in [4.69, 9.17) is 71.1 Å². The third kappa shape index (κ3) is 21.6. The van der Waals surface area contributed by atoms with Crippen LogP contribution >= 0.6 is 0 Å². The molecule has 3 aliphatic rings. The zero-order chi connectivity index (χ0) is 70.6. The molecule has 15 heteroatoms. The summed E-state index contributed by atoms with van der Waals surface area (Å²) in [6, 6.07) is 101. The predicted octanol–water partition coefficient (Wildman–Crippen LogP) is 15.7. The van der Waals surface area contributed by atoms with Crippen LogP contribution in [0.3, 0.4) is 0 Å². The van der Waals surface area contributed by atoms with Crippen LogP contribution in [0.2, 0.25) is 0 Å². The zero-order valence-corrected chi connectivity index (χ0v) is 58.8. The van der Waals surface area contributed by atoms with Crippen LogP contribution in [0.15, 0.2) is 303 Å². The molecule has 0 bridgehead atoms. The number of rotatable bonds is 37. The maximum Gasteiger partial charge on any atom is 0.187 e. The molecule has 10 aromatic rings. The summed E-state index contributed by atoms with van der Waals surface area (Å²) in [6.07, 6.45) is -12.2. The van der Waals surface area contributed by atoms with E-state index in [-0.39, 0.29) is 66.1 Å². The molecule has 6 unspecified atom stereocenters. The van der Waals surface area contributed by atoms with E-state index in [9.17, 15) is 0 Å². The summed E-state index contributed by atoms with van der Waals surface area (Å²) in [6.45, 7) is 4.45. The van der Waals surface area contributed by atoms with Crippen molar-refractivity contribution in [1.29, 1.82) is 0 Å². The molecule has 0 aliphatic carbocycles. The van der Waals surface area contributed by atoms with Gasteiger partial charge >= 0.3 is 0 Å². The molecule has 0 saturated carbocycles. The molecular weight excluding hydrogens is 1310 g/mol. The van der Waals surface area contributed by atoms with Gasteiger partial charge in [0.1, 0.15) is 73.2 Å². The van der Waals surface area contributed by atoms with Crippen molar-refractivity contribution in [3.8, 4) is 0 Å². The molecule has 13 rings (SSSR count). The highest BCUT2D eigenvalue weighted by molar-refractivity contribution is 5.22. The second-order valence-corrected chi connectivity index (χ2v) is 26.5. The summed E-state index contributed by atoms with van der Waals surface area (Å²) in [5.41, 5.74) is 9.73. The van der Waals surface area contributed by atoms with Gasteiger partial charge in [-0.3, -0.25) is 0 Å². The highest BCUT2D eigenvalue weighted by atomic mass is 16.8. The largest absolute Gasteiger partial charge is 0.374 e. The van der Waals surface area contributed by atoms with Crippen molar-refractivity contribution in [2.24, 2.45) is 0 Å². The molecule has 104 heavy (non-hydrogen) atoms. The number of hydrogen-bond donors (Lipinski definition) is 0. The summed E-state index contributed by atoms with van der Waals surface area (Å²) in [7, 11) is 0. The SMILES string of the molecule is C[C@@H]1OC(CO[C@H]2OC(CO[C@H]3OC(COCc4ccccc4)[C@@H](OCc4ccccc4)C(OCc4ccccc4)[C@@H]3OCc3ccccc3)[C@@H](OCc3ccccc3)C(OCc3ccccc3)[C@@H]2OCc2ccccc2)[C@@H](OCc2ccccc2)C(OCc2ccccc2)[C@@H]1OCc1ccccc1. The van der Waals surface area contributed by atoms with Crippen LogP contribution in [0.25, 0.3) is 0 Å². The fourth-order valence-electron chi connectivity index (χ4n) is 13.4. The van der Waals surface area contributed by atoms with Crippen LogP contribution in [0, 0.1) is 0 Å². The van der Waals surface area contributed by atoms with Gasteiger partial charge in [-0.25, -0.2) is 0 Å². The lowest BCUT2D eigenvalue weighted by atomic mass is 9.94.